The standard InChI is InChI=1S/C10H11FN2O3S/c11-5-7-3-6-1-2-8(17(12,15)16)4-9(6)10(14)13-7/h1-2,4,7H,3,5H2,(H,13,14)(H2,12,15,16). The van der Waals surface area contributed by atoms with Gasteiger partial charge in [-0.25, -0.2) is 17.9 Å². The van der Waals surface area contributed by atoms with E-state index in [0.717, 1.165) is 0 Å². The summed E-state index contributed by atoms with van der Waals surface area (Å²) >= 11 is 0. The van der Waals surface area contributed by atoms with E-state index in [1.165, 1.54) is 18.2 Å². The lowest BCUT2D eigenvalue weighted by Crippen LogP contribution is -2.42. The first-order valence-electron chi connectivity index (χ1n) is 4.94. The van der Waals surface area contributed by atoms with Crippen molar-refractivity contribution in [2.45, 2.75) is 17.4 Å². The normalized spacial score (nSPS) is 19.6. The quantitative estimate of drug-likeness (QED) is 0.780. The van der Waals surface area contributed by atoms with Crippen LogP contribution in [0.4, 0.5) is 4.39 Å². The maximum absolute atomic E-state index is 12.5. The zero-order valence-corrected chi connectivity index (χ0v) is 9.63. The average Bonchev–Trinajstić information content (AvgIpc) is 2.27. The molecule has 1 aliphatic rings. The summed E-state index contributed by atoms with van der Waals surface area (Å²) in [5.74, 6) is -0.473. The maximum atomic E-state index is 12.5. The Morgan fingerprint density at radius 2 is 2.18 bits per heavy atom. The molecule has 92 valence electrons. The minimum Gasteiger partial charge on any atom is -0.346 e. The first kappa shape index (κ1) is 12.0. The summed E-state index contributed by atoms with van der Waals surface area (Å²) < 4.78 is 34.7. The first-order valence-corrected chi connectivity index (χ1v) is 6.49. The van der Waals surface area contributed by atoms with E-state index in [0.29, 0.717) is 12.0 Å². The lowest BCUT2D eigenvalue weighted by Gasteiger charge is -2.23. The highest BCUT2D eigenvalue weighted by Gasteiger charge is 2.25. The molecule has 1 aromatic carbocycles. The fourth-order valence-corrected chi connectivity index (χ4v) is 2.33. The van der Waals surface area contributed by atoms with Crippen molar-refractivity contribution in [3.8, 4) is 0 Å². The average molecular weight is 258 g/mol. The molecule has 0 radical (unpaired) electrons. The van der Waals surface area contributed by atoms with E-state index in [2.05, 4.69) is 5.32 Å². The van der Waals surface area contributed by atoms with Crippen LogP contribution in [-0.2, 0) is 16.4 Å². The molecule has 1 atom stereocenters. The summed E-state index contributed by atoms with van der Waals surface area (Å²) in [6.45, 7) is -0.651. The molecule has 0 aromatic heterocycles. The Hall–Kier alpha value is -1.47. The zero-order valence-electron chi connectivity index (χ0n) is 8.81. The summed E-state index contributed by atoms with van der Waals surface area (Å²) in [6.07, 6.45) is 0.350. The van der Waals surface area contributed by atoms with Gasteiger partial charge >= 0.3 is 0 Å². The number of primary sulfonamides is 1. The van der Waals surface area contributed by atoms with Gasteiger partial charge in [-0.2, -0.15) is 0 Å². The summed E-state index contributed by atoms with van der Waals surface area (Å²) in [5.41, 5.74) is 0.866. The van der Waals surface area contributed by atoms with Gasteiger partial charge in [0.25, 0.3) is 5.91 Å². The van der Waals surface area contributed by atoms with Gasteiger partial charge in [-0.15, -0.1) is 0 Å². The number of benzene rings is 1. The van der Waals surface area contributed by atoms with Gasteiger partial charge in [-0.05, 0) is 24.1 Å². The Balaban J connectivity index is 2.48. The fraction of sp³-hybridized carbons (Fsp3) is 0.300. The van der Waals surface area contributed by atoms with Crippen molar-refractivity contribution in [2.75, 3.05) is 6.67 Å². The number of fused-ring (bicyclic) bond motifs is 1. The van der Waals surface area contributed by atoms with E-state index in [-0.39, 0.29) is 10.5 Å². The van der Waals surface area contributed by atoms with Gasteiger partial charge in [0.15, 0.2) is 0 Å². The summed E-state index contributed by atoms with van der Waals surface area (Å²) in [5, 5.41) is 7.42. The van der Waals surface area contributed by atoms with Crippen molar-refractivity contribution in [1.82, 2.24) is 5.32 Å². The summed E-state index contributed by atoms with van der Waals surface area (Å²) in [6, 6.07) is 3.49. The number of carbonyl (C=O) groups is 1. The minimum absolute atomic E-state index is 0.120. The first-order chi connectivity index (χ1) is 7.91. The molecule has 1 heterocycles. The summed E-state index contributed by atoms with van der Waals surface area (Å²) in [4.78, 5) is 11.5. The minimum atomic E-state index is -3.83. The predicted molar refractivity (Wildman–Crippen MR) is 58.7 cm³/mol. The number of nitrogens with one attached hydrogen (secondary N) is 1. The molecule has 1 amide bonds. The van der Waals surface area contributed by atoms with Gasteiger partial charge in [0.05, 0.1) is 10.9 Å². The molecule has 3 N–H and O–H groups in total. The molecule has 0 saturated carbocycles. The van der Waals surface area contributed by atoms with Crippen LogP contribution < -0.4 is 10.5 Å². The molecule has 1 aromatic rings. The van der Waals surface area contributed by atoms with Crippen LogP contribution in [0.1, 0.15) is 15.9 Å². The maximum Gasteiger partial charge on any atom is 0.251 e. The van der Waals surface area contributed by atoms with Crippen LogP contribution in [0.25, 0.3) is 0 Å². The largest absolute Gasteiger partial charge is 0.346 e. The topological polar surface area (TPSA) is 89.3 Å². The Morgan fingerprint density at radius 1 is 1.47 bits per heavy atom. The highest BCUT2D eigenvalue weighted by Crippen LogP contribution is 2.20. The molecule has 0 spiro atoms. The number of halogens is 1. The van der Waals surface area contributed by atoms with Crippen molar-refractivity contribution in [3.05, 3.63) is 29.3 Å². The molecular formula is C10H11FN2O3S. The Kier molecular flexibility index (Phi) is 2.88. The Labute approximate surface area is 97.9 Å². The van der Waals surface area contributed by atoms with Crippen LogP contribution in [0.3, 0.4) is 0 Å². The molecule has 0 bridgehead atoms. The lowest BCUT2D eigenvalue weighted by atomic mass is 9.96. The van der Waals surface area contributed by atoms with E-state index in [1.54, 1.807) is 0 Å². The molecular weight excluding hydrogens is 247 g/mol. The molecule has 0 fully saturated rings. The molecule has 0 saturated heterocycles. The second-order valence-electron chi connectivity index (χ2n) is 3.89. The van der Waals surface area contributed by atoms with Crippen LogP contribution in [-0.4, -0.2) is 27.0 Å². The van der Waals surface area contributed by atoms with E-state index in [4.69, 9.17) is 5.14 Å². The van der Waals surface area contributed by atoms with Gasteiger partial charge < -0.3 is 5.32 Å². The number of hydrogen-bond acceptors (Lipinski definition) is 3. The van der Waals surface area contributed by atoms with Gasteiger partial charge in [0.2, 0.25) is 10.0 Å². The third-order valence-electron chi connectivity index (χ3n) is 2.64. The SMILES string of the molecule is NS(=O)(=O)c1ccc2c(c1)C(=O)NC(CF)C2. The molecule has 17 heavy (non-hydrogen) atoms. The van der Waals surface area contributed by atoms with Crippen LogP contribution in [0.2, 0.25) is 0 Å². The molecule has 2 rings (SSSR count). The second-order valence-corrected chi connectivity index (χ2v) is 5.45. The number of nitrogens with two attached hydrogens (primary N) is 1. The van der Waals surface area contributed by atoms with E-state index < -0.39 is 28.6 Å². The predicted octanol–water partition coefficient (Wildman–Crippen LogP) is -0.0420. The Morgan fingerprint density at radius 3 is 2.76 bits per heavy atom. The van der Waals surface area contributed by atoms with Crippen molar-refractivity contribution < 1.29 is 17.6 Å². The van der Waals surface area contributed by atoms with Crippen LogP contribution in [0.15, 0.2) is 23.1 Å². The van der Waals surface area contributed by atoms with E-state index >= 15 is 0 Å². The monoisotopic (exact) mass is 258 g/mol. The molecule has 1 aliphatic heterocycles. The van der Waals surface area contributed by atoms with Crippen LogP contribution in [0, 0.1) is 0 Å². The highest BCUT2D eigenvalue weighted by atomic mass is 32.2. The van der Waals surface area contributed by atoms with Crippen molar-refractivity contribution in [3.63, 3.8) is 0 Å². The Bertz CT molecular complexity index is 571. The third kappa shape index (κ3) is 2.29. The van der Waals surface area contributed by atoms with Gasteiger partial charge in [-0.1, -0.05) is 6.07 Å². The number of carbonyl (C=O) groups excluding carboxylic acids is 1. The van der Waals surface area contributed by atoms with Gasteiger partial charge in [0.1, 0.15) is 6.67 Å². The number of rotatable bonds is 2. The number of sulfonamides is 1. The van der Waals surface area contributed by atoms with E-state index in [1.807, 2.05) is 0 Å². The highest BCUT2D eigenvalue weighted by molar-refractivity contribution is 7.89. The fourth-order valence-electron chi connectivity index (χ4n) is 1.79. The smallest absolute Gasteiger partial charge is 0.251 e. The number of hydrogen-bond donors (Lipinski definition) is 2. The zero-order chi connectivity index (χ0) is 12.6. The molecule has 1 unspecified atom stereocenters. The summed E-state index contributed by atoms with van der Waals surface area (Å²) in [7, 11) is -3.83. The van der Waals surface area contributed by atoms with Crippen LogP contribution in [0.5, 0.6) is 0 Å². The van der Waals surface area contributed by atoms with E-state index in [9.17, 15) is 17.6 Å². The second kappa shape index (κ2) is 4.08. The third-order valence-corrected chi connectivity index (χ3v) is 3.55. The lowest BCUT2D eigenvalue weighted by molar-refractivity contribution is 0.0917. The van der Waals surface area contributed by atoms with Gasteiger partial charge in [0, 0.05) is 5.56 Å². The van der Waals surface area contributed by atoms with Crippen LogP contribution >= 0.6 is 0 Å². The number of alkyl halides is 1. The van der Waals surface area contributed by atoms with Gasteiger partial charge in [-0.3, -0.25) is 4.79 Å². The number of amides is 1. The van der Waals surface area contributed by atoms with Crippen molar-refractivity contribution in [1.29, 1.82) is 0 Å². The molecule has 7 heteroatoms. The molecule has 0 aliphatic carbocycles. The van der Waals surface area contributed by atoms with Crippen molar-refractivity contribution >= 4 is 15.9 Å². The van der Waals surface area contributed by atoms with Crippen molar-refractivity contribution in [2.24, 2.45) is 5.14 Å². The molecule has 5 nitrogen and oxygen atoms in total.